The predicted octanol–water partition coefficient (Wildman–Crippen LogP) is 2.88. The third-order valence-corrected chi connectivity index (χ3v) is 2.59. The Morgan fingerprint density at radius 3 is 2.29 bits per heavy atom. The first-order valence-electron chi connectivity index (χ1n) is 4.93. The molecule has 0 spiro atoms. The van der Waals surface area contributed by atoms with Gasteiger partial charge in [-0.05, 0) is 36.0 Å². The van der Waals surface area contributed by atoms with Gasteiger partial charge in [-0.3, -0.25) is 0 Å². The van der Waals surface area contributed by atoms with Gasteiger partial charge in [-0.1, -0.05) is 26.0 Å². The maximum absolute atomic E-state index is 12.7. The Labute approximate surface area is 84.6 Å². The Morgan fingerprint density at radius 2 is 1.79 bits per heavy atom. The van der Waals surface area contributed by atoms with Crippen LogP contribution in [0.1, 0.15) is 32.3 Å². The largest absolute Gasteiger partial charge is 0.396 e. The summed E-state index contributed by atoms with van der Waals surface area (Å²) in [7, 11) is 0. The molecule has 2 heteroatoms. The van der Waals surface area contributed by atoms with Crippen LogP contribution in [0.25, 0.3) is 0 Å². The average Bonchev–Trinajstić information content (AvgIpc) is 2.16. The Morgan fingerprint density at radius 1 is 1.21 bits per heavy atom. The van der Waals surface area contributed by atoms with Crippen LogP contribution in [-0.4, -0.2) is 11.7 Å². The topological polar surface area (TPSA) is 20.2 Å². The van der Waals surface area contributed by atoms with Crippen LogP contribution in [0.5, 0.6) is 0 Å². The van der Waals surface area contributed by atoms with E-state index in [-0.39, 0.29) is 17.8 Å². The summed E-state index contributed by atoms with van der Waals surface area (Å²) in [4.78, 5) is 0. The van der Waals surface area contributed by atoms with E-state index >= 15 is 0 Å². The molecular formula is C12H17FO. The van der Waals surface area contributed by atoms with Gasteiger partial charge in [0.2, 0.25) is 0 Å². The molecule has 1 rings (SSSR count). The number of hydrogen-bond donors (Lipinski definition) is 1. The summed E-state index contributed by atoms with van der Waals surface area (Å²) in [5, 5.41) is 8.76. The Bertz CT molecular complexity index is 277. The average molecular weight is 196 g/mol. The van der Waals surface area contributed by atoms with Crippen LogP contribution >= 0.6 is 0 Å². The number of aliphatic hydroxyl groups is 1. The molecule has 0 saturated carbocycles. The summed E-state index contributed by atoms with van der Waals surface area (Å²) in [5.41, 5.74) is 1.13. The molecule has 0 atom stereocenters. The second kappa shape index (κ2) is 4.56. The molecule has 0 aromatic heterocycles. The molecule has 0 aliphatic rings. The Hall–Kier alpha value is -0.890. The molecule has 1 aromatic carbocycles. The molecule has 78 valence electrons. The van der Waals surface area contributed by atoms with E-state index < -0.39 is 0 Å². The van der Waals surface area contributed by atoms with Crippen molar-refractivity contribution in [1.82, 2.24) is 0 Å². The van der Waals surface area contributed by atoms with Gasteiger partial charge in [-0.15, -0.1) is 0 Å². The summed E-state index contributed by atoms with van der Waals surface area (Å²) in [6.45, 7) is 4.43. The first-order valence-corrected chi connectivity index (χ1v) is 4.93. The molecular weight excluding hydrogens is 179 g/mol. The van der Waals surface area contributed by atoms with Gasteiger partial charge < -0.3 is 5.11 Å². The molecule has 0 aliphatic carbocycles. The van der Waals surface area contributed by atoms with Crippen molar-refractivity contribution in [1.29, 1.82) is 0 Å². The van der Waals surface area contributed by atoms with E-state index in [4.69, 9.17) is 5.11 Å². The zero-order valence-corrected chi connectivity index (χ0v) is 8.76. The number of hydrogen-bond acceptors (Lipinski definition) is 1. The molecule has 0 heterocycles. The van der Waals surface area contributed by atoms with E-state index in [2.05, 4.69) is 13.8 Å². The summed E-state index contributed by atoms with van der Waals surface area (Å²) in [5.74, 6) is -0.202. The minimum absolute atomic E-state index is 0.0103. The van der Waals surface area contributed by atoms with E-state index in [0.29, 0.717) is 0 Å². The SMILES string of the molecule is CC(C)(CCCO)c1ccc(F)cc1. The van der Waals surface area contributed by atoms with Gasteiger partial charge in [-0.25, -0.2) is 4.39 Å². The molecule has 0 unspecified atom stereocenters. The highest BCUT2D eigenvalue weighted by Gasteiger charge is 2.19. The predicted molar refractivity (Wildman–Crippen MR) is 55.7 cm³/mol. The van der Waals surface area contributed by atoms with E-state index in [0.717, 1.165) is 18.4 Å². The van der Waals surface area contributed by atoms with Gasteiger partial charge in [0.1, 0.15) is 5.82 Å². The molecule has 14 heavy (non-hydrogen) atoms. The quantitative estimate of drug-likeness (QED) is 0.785. The molecule has 1 aromatic rings. The van der Waals surface area contributed by atoms with Gasteiger partial charge in [0.15, 0.2) is 0 Å². The second-order valence-corrected chi connectivity index (χ2v) is 4.22. The molecule has 0 aliphatic heterocycles. The highest BCUT2D eigenvalue weighted by atomic mass is 19.1. The molecule has 0 fully saturated rings. The lowest BCUT2D eigenvalue weighted by Gasteiger charge is -2.24. The summed E-state index contributed by atoms with van der Waals surface area (Å²) in [6, 6.07) is 6.59. The monoisotopic (exact) mass is 196 g/mol. The van der Waals surface area contributed by atoms with Crippen LogP contribution in [0.2, 0.25) is 0 Å². The Kier molecular flexibility index (Phi) is 3.64. The normalized spacial score (nSPS) is 11.7. The van der Waals surface area contributed by atoms with Crippen LogP contribution < -0.4 is 0 Å². The minimum atomic E-state index is -0.202. The molecule has 1 nitrogen and oxygen atoms in total. The smallest absolute Gasteiger partial charge is 0.123 e. The highest BCUT2D eigenvalue weighted by Crippen LogP contribution is 2.28. The van der Waals surface area contributed by atoms with E-state index in [1.165, 1.54) is 12.1 Å². The molecule has 1 N–H and O–H groups in total. The summed E-state index contributed by atoms with van der Waals surface area (Å²) < 4.78 is 12.7. The maximum Gasteiger partial charge on any atom is 0.123 e. The van der Waals surface area contributed by atoms with Crippen molar-refractivity contribution in [2.45, 2.75) is 32.1 Å². The number of rotatable bonds is 4. The third-order valence-electron chi connectivity index (χ3n) is 2.59. The third kappa shape index (κ3) is 2.81. The lowest BCUT2D eigenvalue weighted by atomic mass is 9.81. The first kappa shape index (κ1) is 11.2. The van der Waals surface area contributed by atoms with Crippen molar-refractivity contribution < 1.29 is 9.50 Å². The number of aliphatic hydroxyl groups excluding tert-OH is 1. The van der Waals surface area contributed by atoms with Crippen molar-refractivity contribution in [3.8, 4) is 0 Å². The van der Waals surface area contributed by atoms with Gasteiger partial charge in [0, 0.05) is 6.61 Å². The Balaban J connectivity index is 2.75. The number of halogens is 1. The van der Waals surface area contributed by atoms with Crippen LogP contribution in [0.3, 0.4) is 0 Å². The highest BCUT2D eigenvalue weighted by molar-refractivity contribution is 5.23. The van der Waals surface area contributed by atoms with Crippen molar-refractivity contribution in [3.63, 3.8) is 0 Å². The molecule has 0 bridgehead atoms. The van der Waals surface area contributed by atoms with Crippen molar-refractivity contribution in [2.24, 2.45) is 0 Å². The van der Waals surface area contributed by atoms with Gasteiger partial charge >= 0.3 is 0 Å². The van der Waals surface area contributed by atoms with Crippen LogP contribution in [-0.2, 0) is 5.41 Å². The fourth-order valence-corrected chi connectivity index (χ4v) is 1.57. The zero-order valence-electron chi connectivity index (χ0n) is 8.76. The van der Waals surface area contributed by atoms with Crippen LogP contribution in [0.15, 0.2) is 24.3 Å². The fraction of sp³-hybridized carbons (Fsp3) is 0.500. The van der Waals surface area contributed by atoms with Gasteiger partial charge in [0.25, 0.3) is 0 Å². The van der Waals surface area contributed by atoms with Gasteiger partial charge in [0.05, 0.1) is 0 Å². The molecule has 0 amide bonds. The number of benzene rings is 1. The van der Waals surface area contributed by atoms with E-state index in [9.17, 15) is 4.39 Å². The summed E-state index contributed by atoms with van der Waals surface area (Å²) in [6.07, 6.45) is 1.69. The van der Waals surface area contributed by atoms with Crippen molar-refractivity contribution in [3.05, 3.63) is 35.6 Å². The van der Waals surface area contributed by atoms with Crippen molar-refractivity contribution in [2.75, 3.05) is 6.61 Å². The first-order chi connectivity index (χ1) is 6.56. The van der Waals surface area contributed by atoms with E-state index in [1.807, 2.05) is 12.1 Å². The fourth-order valence-electron chi connectivity index (χ4n) is 1.57. The lowest BCUT2D eigenvalue weighted by Crippen LogP contribution is -2.17. The van der Waals surface area contributed by atoms with E-state index in [1.54, 1.807) is 0 Å². The summed E-state index contributed by atoms with van der Waals surface area (Å²) >= 11 is 0. The van der Waals surface area contributed by atoms with Gasteiger partial charge in [-0.2, -0.15) is 0 Å². The van der Waals surface area contributed by atoms with Crippen molar-refractivity contribution >= 4 is 0 Å². The standard InChI is InChI=1S/C12H17FO/c1-12(2,8-3-9-14)10-4-6-11(13)7-5-10/h4-7,14H,3,8-9H2,1-2H3. The minimum Gasteiger partial charge on any atom is -0.396 e. The maximum atomic E-state index is 12.7. The second-order valence-electron chi connectivity index (χ2n) is 4.22. The van der Waals surface area contributed by atoms with Crippen LogP contribution in [0, 0.1) is 5.82 Å². The molecule has 0 saturated heterocycles. The zero-order chi connectivity index (χ0) is 10.6. The lowest BCUT2D eigenvalue weighted by molar-refractivity contribution is 0.268. The van der Waals surface area contributed by atoms with Crippen LogP contribution in [0.4, 0.5) is 4.39 Å². The molecule has 0 radical (unpaired) electrons.